The standard InChI is InChI=1S/C11H11F3N2O/c1-6(17)10-15-8-5-7(11(12,13)14)3-4-9(8)16(10)2/h3-6,17H,1-2H3/t6-/m1/s1. The molecule has 0 aliphatic heterocycles. The normalized spacial score (nSPS) is 14.2. The molecule has 0 spiro atoms. The summed E-state index contributed by atoms with van der Waals surface area (Å²) in [5, 5.41) is 9.43. The maximum Gasteiger partial charge on any atom is 0.416 e. The molecule has 0 unspecified atom stereocenters. The monoisotopic (exact) mass is 244 g/mol. The molecule has 17 heavy (non-hydrogen) atoms. The summed E-state index contributed by atoms with van der Waals surface area (Å²) in [4.78, 5) is 4.00. The van der Waals surface area contributed by atoms with E-state index >= 15 is 0 Å². The first kappa shape index (κ1) is 11.9. The van der Waals surface area contributed by atoms with Crippen molar-refractivity contribution in [1.82, 2.24) is 9.55 Å². The molecule has 0 saturated carbocycles. The number of hydrogen-bond acceptors (Lipinski definition) is 2. The van der Waals surface area contributed by atoms with Gasteiger partial charge in [0.25, 0.3) is 0 Å². The number of aryl methyl sites for hydroxylation is 1. The Labute approximate surface area is 95.5 Å². The van der Waals surface area contributed by atoms with Gasteiger partial charge in [0, 0.05) is 7.05 Å². The number of aromatic nitrogens is 2. The summed E-state index contributed by atoms with van der Waals surface area (Å²) in [5.74, 6) is 0.347. The molecule has 0 amide bonds. The van der Waals surface area contributed by atoms with E-state index < -0.39 is 17.8 Å². The van der Waals surface area contributed by atoms with E-state index in [4.69, 9.17) is 0 Å². The minimum atomic E-state index is -4.38. The smallest absolute Gasteiger partial charge is 0.385 e. The Morgan fingerprint density at radius 1 is 1.35 bits per heavy atom. The molecule has 0 saturated heterocycles. The molecule has 1 aromatic heterocycles. The van der Waals surface area contributed by atoms with E-state index in [1.807, 2.05) is 0 Å². The van der Waals surface area contributed by atoms with Crippen LogP contribution in [0.4, 0.5) is 13.2 Å². The number of nitrogens with zero attached hydrogens (tertiary/aromatic N) is 2. The minimum absolute atomic E-state index is 0.234. The third kappa shape index (κ3) is 2.00. The van der Waals surface area contributed by atoms with Crippen LogP contribution in [0, 0.1) is 0 Å². The van der Waals surface area contributed by atoms with Crippen LogP contribution >= 0.6 is 0 Å². The minimum Gasteiger partial charge on any atom is -0.385 e. The number of alkyl halides is 3. The second-order valence-electron chi connectivity index (χ2n) is 3.91. The van der Waals surface area contributed by atoms with E-state index in [9.17, 15) is 18.3 Å². The molecule has 6 heteroatoms. The molecule has 2 rings (SSSR count). The van der Waals surface area contributed by atoms with Crippen LogP contribution in [-0.2, 0) is 13.2 Å². The van der Waals surface area contributed by atoms with Gasteiger partial charge in [-0.15, -0.1) is 0 Å². The SMILES string of the molecule is C[C@@H](O)c1nc2cc(C(F)(F)F)ccc2n1C. The van der Waals surface area contributed by atoms with Gasteiger partial charge in [-0.2, -0.15) is 13.2 Å². The number of aliphatic hydroxyl groups excluding tert-OH is 1. The highest BCUT2D eigenvalue weighted by molar-refractivity contribution is 5.77. The molecule has 0 fully saturated rings. The van der Waals surface area contributed by atoms with E-state index in [-0.39, 0.29) is 5.52 Å². The molecular formula is C11H11F3N2O. The zero-order chi connectivity index (χ0) is 12.8. The van der Waals surface area contributed by atoms with Crippen LogP contribution < -0.4 is 0 Å². The van der Waals surface area contributed by atoms with Gasteiger partial charge < -0.3 is 9.67 Å². The van der Waals surface area contributed by atoms with Crippen LogP contribution in [0.1, 0.15) is 24.4 Å². The van der Waals surface area contributed by atoms with Crippen molar-refractivity contribution >= 4 is 11.0 Å². The summed E-state index contributed by atoms with van der Waals surface area (Å²) in [7, 11) is 1.66. The van der Waals surface area contributed by atoms with Crippen LogP contribution in [0.5, 0.6) is 0 Å². The van der Waals surface area contributed by atoms with Crippen LogP contribution in [0.2, 0.25) is 0 Å². The van der Waals surface area contributed by atoms with Crippen molar-refractivity contribution in [2.75, 3.05) is 0 Å². The van der Waals surface area contributed by atoms with Crippen molar-refractivity contribution in [3.05, 3.63) is 29.6 Å². The van der Waals surface area contributed by atoms with Gasteiger partial charge in [0.15, 0.2) is 0 Å². The maximum atomic E-state index is 12.5. The third-order valence-electron chi connectivity index (χ3n) is 2.62. The van der Waals surface area contributed by atoms with E-state index in [2.05, 4.69) is 4.98 Å². The van der Waals surface area contributed by atoms with Crippen molar-refractivity contribution < 1.29 is 18.3 Å². The number of fused-ring (bicyclic) bond motifs is 1. The predicted octanol–water partition coefficient (Wildman–Crippen LogP) is 2.65. The second kappa shape index (κ2) is 3.73. The maximum absolute atomic E-state index is 12.5. The zero-order valence-corrected chi connectivity index (χ0v) is 9.28. The highest BCUT2D eigenvalue weighted by atomic mass is 19.4. The molecule has 1 heterocycles. The predicted molar refractivity (Wildman–Crippen MR) is 56.3 cm³/mol. The Bertz CT molecular complexity index is 558. The Hall–Kier alpha value is -1.56. The summed E-state index contributed by atoms with van der Waals surface area (Å²) in [6, 6.07) is 3.36. The Morgan fingerprint density at radius 2 is 2.00 bits per heavy atom. The average Bonchev–Trinajstić information content (AvgIpc) is 2.54. The van der Waals surface area contributed by atoms with Gasteiger partial charge in [-0.1, -0.05) is 0 Å². The van der Waals surface area contributed by atoms with Crippen molar-refractivity contribution in [2.24, 2.45) is 7.05 Å². The van der Waals surface area contributed by atoms with E-state index in [0.29, 0.717) is 11.3 Å². The summed E-state index contributed by atoms with van der Waals surface area (Å²) in [5.41, 5.74) is 0.0624. The van der Waals surface area contributed by atoms with Crippen molar-refractivity contribution in [2.45, 2.75) is 19.2 Å². The lowest BCUT2D eigenvalue weighted by Crippen LogP contribution is -2.04. The van der Waals surface area contributed by atoms with Gasteiger partial charge in [0.05, 0.1) is 16.6 Å². The molecule has 1 atom stereocenters. The molecule has 1 aromatic carbocycles. The van der Waals surface area contributed by atoms with Crippen LogP contribution in [0.15, 0.2) is 18.2 Å². The molecule has 0 radical (unpaired) electrons. The lowest BCUT2D eigenvalue weighted by molar-refractivity contribution is -0.137. The fraction of sp³-hybridized carbons (Fsp3) is 0.364. The number of imidazole rings is 1. The van der Waals surface area contributed by atoms with E-state index in [1.165, 1.54) is 13.0 Å². The fourth-order valence-electron chi connectivity index (χ4n) is 1.77. The van der Waals surface area contributed by atoms with Gasteiger partial charge in [-0.05, 0) is 25.1 Å². The topological polar surface area (TPSA) is 38.1 Å². The fourth-order valence-corrected chi connectivity index (χ4v) is 1.77. The molecule has 0 bridgehead atoms. The number of rotatable bonds is 1. The van der Waals surface area contributed by atoms with Crippen LogP contribution in [0.25, 0.3) is 11.0 Å². The lowest BCUT2D eigenvalue weighted by Gasteiger charge is -2.06. The number of benzene rings is 1. The molecule has 2 aromatic rings. The highest BCUT2D eigenvalue weighted by Crippen LogP contribution is 2.31. The van der Waals surface area contributed by atoms with Gasteiger partial charge in [-0.25, -0.2) is 4.98 Å². The van der Waals surface area contributed by atoms with Crippen molar-refractivity contribution in [3.63, 3.8) is 0 Å². The van der Waals surface area contributed by atoms with Crippen LogP contribution in [0.3, 0.4) is 0 Å². The molecule has 92 valence electrons. The molecule has 3 nitrogen and oxygen atoms in total. The Kier molecular flexibility index (Phi) is 2.61. The molecule has 1 N–H and O–H groups in total. The van der Waals surface area contributed by atoms with Crippen molar-refractivity contribution in [3.8, 4) is 0 Å². The lowest BCUT2D eigenvalue weighted by atomic mass is 10.2. The summed E-state index contributed by atoms with van der Waals surface area (Å²) < 4.78 is 39.1. The quantitative estimate of drug-likeness (QED) is 0.837. The number of hydrogen-bond donors (Lipinski definition) is 1. The van der Waals surface area contributed by atoms with Gasteiger partial charge in [0.1, 0.15) is 11.9 Å². The Morgan fingerprint density at radius 3 is 2.53 bits per heavy atom. The summed E-state index contributed by atoms with van der Waals surface area (Å²) >= 11 is 0. The van der Waals surface area contributed by atoms with Crippen molar-refractivity contribution in [1.29, 1.82) is 0 Å². The first-order valence-electron chi connectivity index (χ1n) is 5.02. The highest BCUT2D eigenvalue weighted by Gasteiger charge is 2.31. The first-order chi connectivity index (χ1) is 7.80. The van der Waals surface area contributed by atoms with Gasteiger partial charge >= 0.3 is 6.18 Å². The van der Waals surface area contributed by atoms with Gasteiger partial charge in [0.2, 0.25) is 0 Å². The molecule has 0 aliphatic carbocycles. The van der Waals surface area contributed by atoms with Gasteiger partial charge in [-0.3, -0.25) is 0 Å². The van der Waals surface area contributed by atoms with E-state index in [1.54, 1.807) is 11.6 Å². The first-order valence-corrected chi connectivity index (χ1v) is 5.02. The average molecular weight is 244 g/mol. The van der Waals surface area contributed by atoms with E-state index in [0.717, 1.165) is 12.1 Å². The van der Waals surface area contributed by atoms with Crippen LogP contribution in [-0.4, -0.2) is 14.7 Å². The second-order valence-corrected chi connectivity index (χ2v) is 3.91. The third-order valence-corrected chi connectivity index (χ3v) is 2.62. The number of aliphatic hydroxyl groups is 1. The zero-order valence-electron chi connectivity index (χ0n) is 9.28. The summed E-state index contributed by atoms with van der Waals surface area (Å²) in [6.07, 6.45) is -5.20. The largest absolute Gasteiger partial charge is 0.416 e. The number of halogens is 3. The molecular weight excluding hydrogens is 233 g/mol. The summed E-state index contributed by atoms with van der Waals surface area (Å²) in [6.45, 7) is 1.52. The molecule has 0 aliphatic rings. The Balaban J connectivity index is 2.64.